The molecule has 1 aromatic carbocycles. The van der Waals surface area contributed by atoms with Crippen LogP contribution in [0, 0.1) is 0 Å². The second kappa shape index (κ2) is 12.9. The summed E-state index contributed by atoms with van der Waals surface area (Å²) in [7, 11) is 0. The predicted octanol–water partition coefficient (Wildman–Crippen LogP) is 2.60. The highest BCUT2D eigenvalue weighted by atomic mass is 16.6. The SMILES string of the molecule is CCOCCn1nc(CC=O)c2nc(N3CCN(C(=O)OCc4ccccc4)CC3)nc(Nc3ccncn3)c21. The lowest BCUT2D eigenvalue weighted by atomic mass is 10.2. The van der Waals surface area contributed by atoms with Gasteiger partial charge in [0, 0.05) is 45.4 Å². The van der Waals surface area contributed by atoms with Crippen LogP contribution in [-0.4, -0.2) is 86.4 Å². The van der Waals surface area contributed by atoms with Gasteiger partial charge in [-0.1, -0.05) is 30.3 Å². The van der Waals surface area contributed by atoms with Gasteiger partial charge in [0.25, 0.3) is 0 Å². The summed E-state index contributed by atoms with van der Waals surface area (Å²) in [5, 5.41) is 7.93. The third-order valence-electron chi connectivity index (χ3n) is 6.43. The zero-order valence-corrected chi connectivity index (χ0v) is 22.3. The highest BCUT2D eigenvalue weighted by Crippen LogP contribution is 2.29. The Kier molecular flexibility index (Phi) is 8.71. The van der Waals surface area contributed by atoms with Gasteiger partial charge in [-0.05, 0) is 18.6 Å². The van der Waals surface area contributed by atoms with E-state index in [0.717, 1.165) is 11.8 Å². The van der Waals surface area contributed by atoms with Crippen LogP contribution < -0.4 is 10.2 Å². The molecule has 1 aliphatic rings. The minimum absolute atomic E-state index is 0.114. The summed E-state index contributed by atoms with van der Waals surface area (Å²) in [5.41, 5.74) is 2.73. The van der Waals surface area contributed by atoms with Crippen LogP contribution >= 0.6 is 0 Å². The summed E-state index contributed by atoms with van der Waals surface area (Å²) in [6.07, 6.45) is 3.66. The van der Waals surface area contributed by atoms with Crippen LogP contribution in [0.2, 0.25) is 0 Å². The number of nitrogens with zero attached hydrogens (tertiary/aromatic N) is 8. The Hall–Kier alpha value is -4.65. The topological polar surface area (TPSA) is 140 Å². The molecule has 5 rings (SSSR count). The van der Waals surface area contributed by atoms with Crippen LogP contribution in [0.1, 0.15) is 18.2 Å². The van der Waals surface area contributed by atoms with E-state index in [1.165, 1.54) is 6.33 Å². The number of rotatable bonds is 11. The first kappa shape index (κ1) is 26.9. The highest BCUT2D eigenvalue weighted by Gasteiger charge is 2.26. The van der Waals surface area contributed by atoms with Gasteiger partial charge in [0.15, 0.2) is 5.82 Å². The van der Waals surface area contributed by atoms with Crippen molar-refractivity contribution in [3.05, 3.63) is 60.2 Å². The standard InChI is InChI=1S/C27H31N9O4/c1-2-39-17-15-36-24-23(21(33-36)9-16-37)31-26(32-25(24)30-22-8-10-28-19-29-22)34-11-13-35(14-12-34)27(38)40-18-20-6-4-3-5-7-20/h3-8,10,16,19H,2,9,11-15,17-18H2,1H3,(H,28,29,30,31,32). The van der Waals surface area contributed by atoms with E-state index >= 15 is 0 Å². The van der Waals surface area contributed by atoms with Crippen molar-refractivity contribution >= 4 is 41.0 Å². The van der Waals surface area contributed by atoms with Crippen molar-refractivity contribution in [2.24, 2.45) is 0 Å². The summed E-state index contributed by atoms with van der Waals surface area (Å²) in [4.78, 5) is 45.8. The van der Waals surface area contributed by atoms with Gasteiger partial charge in [-0.3, -0.25) is 4.68 Å². The molecule has 4 heterocycles. The molecule has 0 unspecified atom stereocenters. The van der Waals surface area contributed by atoms with Crippen LogP contribution in [-0.2, 0) is 33.8 Å². The number of hydrogen-bond donors (Lipinski definition) is 1. The van der Waals surface area contributed by atoms with E-state index in [2.05, 4.69) is 20.4 Å². The number of amides is 1. The molecule has 1 saturated heterocycles. The Labute approximate surface area is 231 Å². The minimum Gasteiger partial charge on any atom is -0.445 e. The van der Waals surface area contributed by atoms with Crippen LogP contribution in [0.15, 0.2) is 48.9 Å². The zero-order chi connectivity index (χ0) is 27.7. The third kappa shape index (κ3) is 6.31. The van der Waals surface area contributed by atoms with E-state index in [1.54, 1.807) is 21.8 Å². The smallest absolute Gasteiger partial charge is 0.410 e. The van der Waals surface area contributed by atoms with E-state index in [9.17, 15) is 9.59 Å². The van der Waals surface area contributed by atoms with Crippen LogP contribution in [0.3, 0.4) is 0 Å². The number of ether oxygens (including phenoxy) is 2. The quantitative estimate of drug-likeness (QED) is 0.220. The van der Waals surface area contributed by atoms with Gasteiger partial charge in [0.2, 0.25) is 5.95 Å². The third-order valence-corrected chi connectivity index (χ3v) is 6.43. The maximum absolute atomic E-state index is 12.7. The Morgan fingerprint density at radius 1 is 1.10 bits per heavy atom. The van der Waals surface area contributed by atoms with E-state index in [1.807, 2.05) is 42.2 Å². The molecular weight excluding hydrogens is 514 g/mol. The van der Waals surface area contributed by atoms with Gasteiger partial charge in [0.05, 0.1) is 18.8 Å². The van der Waals surface area contributed by atoms with Crippen molar-refractivity contribution in [2.75, 3.05) is 49.6 Å². The van der Waals surface area contributed by atoms with Crippen LogP contribution in [0.4, 0.5) is 22.4 Å². The number of carbonyl (C=O) groups is 2. The Morgan fingerprint density at radius 3 is 2.65 bits per heavy atom. The average molecular weight is 546 g/mol. The summed E-state index contributed by atoms with van der Waals surface area (Å²) in [6.45, 7) is 5.60. The van der Waals surface area contributed by atoms with Gasteiger partial charge in [-0.25, -0.2) is 19.7 Å². The monoisotopic (exact) mass is 545 g/mol. The van der Waals surface area contributed by atoms with Gasteiger partial charge in [0.1, 0.15) is 36.1 Å². The lowest BCUT2D eigenvalue weighted by Crippen LogP contribution is -2.49. The number of fused-ring (bicyclic) bond motifs is 1. The number of nitrogens with one attached hydrogen (secondary N) is 1. The number of piperazine rings is 1. The van der Waals surface area contributed by atoms with E-state index in [0.29, 0.717) is 80.2 Å². The largest absolute Gasteiger partial charge is 0.445 e. The zero-order valence-electron chi connectivity index (χ0n) is 22.3. The molecule has 1 fully saturated rings. The molecule has 4 aromatic rings. The van der Waals surface area contributed by atoms with Crippen molar-refractivity contribution in [1.82, 2.24) is 34.6 Å². The molecule has 208 valence electrons. The second-order valence-electron chi connectivity index (χ2n) is 9.04. The molecule has 0 atom stereocenters. The summed E-state index contributed by atoms with van der Waals surface area (Å²) >= 11 is 0. The van der Waals surface area contributed by atoms with Gasteiger partial charge < -0.3 is 29.4 Å². The lowest BCUT2D eigenvalue weighted by Gasteiger charge is -2.34. The fraction of sp³-hybridized carbons (Fsp3) is 0.370. The molecule has 0 saturated carbocycles. The number of carbonyl (C=O) groups excluding carboxylic acids is 2. The maximum Gasteiger partial charge on any atom is 0.410 e. The second-order valence-corrected chi connectivity index (χ2v) is 9.04. The summed E-state index contributed by atoms with van der Waals surface area (Å²) in [6, 6.07) is 11.3. The van der Waals surface area contributed by atoms with Crippen LogP contribution in [0.5, 0.6) is 0 Å². The molecule has 0 aliphatic carbocycles. The molecule has 0 bridgehead atoms. The molecule has 1 N–H and O–H groups in total. The number of aldehydes is 1. The minimum atomic E-state index is -0.352. The molecular formula is C27H31N9O4. The average Bonchev–Trinajstić information content (AvgIpc) is 3.34. The molecule has 13 nitrogen and oxygen atoms in total. The first-order valence-corrected chi connectivity index (χ1v) is 13.2. The first-order valence-electron chi connectivity index (χ1n) is 13.2. The van der Waals surface area contributed by atoms with Gasteiger partial charge >= 0.3 is 6.09 Å². The van der Waals surface area contributed by atoms with E-state index in [-0.39, 0.29) is 19.1 Å². The molecule has 0 spiro atoms. The van der Waals surface area contributed by atoms with Crippen molar-refractivity contribution in [1.29, 1.82) is 0 Å². The van der Waals surface area contributed by atoms with E-state index < -0.39 is 0 Å². The van der Waals surface area contributed by atoms with E-state index in [4.69, 9.17) is 19.4 Å². The van der Waals surface area contributed by atoms with Crippen LogP contribution in [0.25, 0.3) is 11.0 Å². The molecule has 13 heteroatoms. The molecule has 3 aromatic heterocycles. The lowest BCUT2D eigenvalue weighted by molar-refractivity contribution is -0.107. The maximum atomic E-state index is 12.7. The molecule has 1 aliphatic heterocycles. The Bertz CT molecular complexity index is 1420. The number of benzene rings is 1. The van der Waals surface area contributed by atoms with Crippen molar-refractivity contribution in [3.8, 4) is 0 Å². The normalized spacial score (nSPS) is 13.4. The number of anilines is 3. The molecule has 40 heavy (non-hydrogen) atoms. The van der Waals surface area contributed by atoms with Crippen molar-refractivity contribution < 1.29 is 19.1 Å². The summed E-state index contributed by atoms with van der Waals surface area (Å²) < 4.78 is 12.8. The van der Waals surface area contributed by atoms with Gasteiger partial charge in [-0.15, -0.1) is 0 Å². The predicted molar refractivity (Wildman–Crippen MR) is 147 cm³/mol. The Balaban J connectivity index is 1.38. The highest BCUT2D eigenvalue weighted by molar-refractivity contribution is 5.91. The number of aromatic nitrogens is 6. The fourth-order valence-electron chi connectivity index (χ4n) is 4.42. The first-order chi connectivity index (χ1) is 19.7. The molecule has 0 radical (unpaired) electrons. The fourth-order valence-corrected chi connectivity index (χ4v) is 4.42. The van der Waals surface area contributed by atoms with Crippen molar-refractivity contribution in [2.45, 2.75) is 26.5 Å². The van der Waals surface area contributed by atoms with Gasteiger partial charge in [-0.2, -0.15) is 10.1 Å². The molecule has 1 amide bonds. The Morgan fingerprint density at radius 2 is 1.93 bits per heavy atom. The number of hydrogen-bond acceptors (Lipinski definition) is 11. The summed E-state index contributed by atoms with van der Waals surface area (Å²) in [5.74, 6) is 1.53. The van der Waals surface area contributed by atoms with Crippen molar-refractivity contribution in [3.63, 3.8) is 0 Å².